The van der Waals surface area contributed by atoms with Gasteiger partial charge in [-0.25, -0.2) is 0 Å². The number of aryl methyl sites for hydroxylation is 1. The first-order valence-electron chi connectivity index (χ1n) is 7.06. The maximum absolute atomic E-state index is 9.45. The molecule has 22 heavy (non-hydrogen) atoms. The molecule has 0 saturated carbocycles. The molecule has 114 valence electrons. The summed E-state index contributed by atoms with van der Waals surface area (Å²) in [5, 5.41) is 10.1. The summed E-state index contributed by atoms with van der Waals surface area (Å²) >= 11 is 5.83. The van der Waals surface area contributed by atoms with Crippen molar-refractivity contribution < 1.29 is 9.47 Å². The summed E-state index contributed by atoms with van der Waals surface area (Å²) in [6, 6.07) is 15.4. The Labute approximate surface area is 136 Å². The normalized spacial score (nSPS) is 11.5. The Morgan fingerprint density at radius 1 is 1.18 bits per heavy atom. The van der Waals surface area contributed by atoms with Crippen LogP contribution in [0.3, 0.4) is 0 Å². The number of nitriles is 1. The average Bonchev–Trinajstić information content (AvgIpc) is 2.53. The molecular weight excluding hydrogens is 298 g/mol. The highest BCUT2D eigenvalue weighted by Crippen LogP contribution is 2.30. The predicted octanol–water partition coefficient (Wildman–Crippen LogP) is 4.73. The summed E-state index contributed by atoms with van der Waals surface area (Å²) in [6.45, 7) is 2.46. The minimum Gasteiger partial charge on any atom is -0.496 e. The van der Waals surface area contributed by atoms with Crippen LogP contribution < -0.4 is 9.47 Å². The Hall–Kier alpha value is -2.18. The van der Waals surface area contributed by atoms with E-state index >= 15 is 0 Å². The van der Waals surface area contributed by atoms with E-state index in [1.165, 1.54) is 0 Å². The molecule has 0 aromatic heterocycles. The third-order valence-electron chi connectivity index (χ3n) is 3.41. The molecule has 2 rings (SSSR count). The van der Waals surface area contributed by atoms with Gasteiger partial charge >= 0.3 is 0 Å². The van der Waals surface area contributed by atoms with Crippen LogP contribution in [0.2, 0.25) is 5.02 Å². The third kappa shape index (κ3) is 4.16. The van der Waals surface area contributed by atoms with Gasteiger partial charge < -0.3 is 9.47 Å². The smallest absolute Gasteiger partial charge is 0.123 e. The first-order valence-corrected chi connectivity index (χ1v) is 7.44. The molecule has 2 aromatic carbocycles. The lowest BCUT2D eigenvalue weighted by Crippen LogP contribution is -2.06. The van der Waals surface area contributed by atoms with E-state index < -0.39 is 0 Å². The number of rotatable bonds is 6. The summed E-state index contributed by atoms with van der Waals surface area (Å²) in [5.41, 5.74) is 2.01. The number of ether oxygens (including phenoxy) is 2. The monoisotopic (exact) mass is 315 g/mol. The zero-order valence-electron chi connectivity index (χ0n) is 12.7. The fraction of sp³-hybridized carbons (Fsp3) is 0.278. The van der Waals surface area contributed by atoms with Crippen molar-refractivity contribution >= 4 is 11.6 Å². The van der Waals surface area contributed by atoms with E-state index in [-0.39, 0.29) is 5.92 Å². The second kappa shape index (κ2) is 7.72. The van der Waals surface area contributed by atoms with Crippen molar-refractivity contribution in [1.29, 1.82) is 5.26 Å². The largest absolute Gasteiger partial charge is 0.496 e. The molecule has 3 nitrogen and oxygen atoms in total. The number of halogens is 1. The lowest BCUT2D eigenvalue weighted by atomic mass is 9.95. The van der Waals surface area contributed by atoms with Crippen molar-refractivity contribution in [3.63, 3.8) is 0 Å². The van der Waals surface area contributed by atoms with Crippen LogP contribution in [-0.2, 0) is 0 Å². The number of benzene rings is 2. The average molecular weight is 316 g/mol. The molecule has 2 aromatic rings. The first kappa shape index (κ1) is 16.2. The second-order valence-electron chi connectivity index (χ2n) is 5.02. The second-order valence-corrected chi connectivity index (χ2v) is 5.45. The zero-order chi connectivity index (χ0) is 15.9. The van der Waals surface area contributed by atoms with E-state index in [1.807, 2.05) is 37.3 Å². The lowest BCUT2D eigenvalue weighted by molar-refractivity contribution is 0.304. The topological polar surface area (TPSA) is 42.2 Å². The SMILES string of the molecule is COc1ccc(C)cc1C(C#N)CCOc1ccc(Cl)cc1. The molecule has 0 N–H and O–H groups in total. The van der Waals surface area contributed by atoms with Gasteiger partial charge in [-0.3, -0.25) is 0 Å². The van der Waals surface area contributed by atoms with Crippen LogP contribution in [0.4, 0.5) is 0 Å². The van der Waals surface area contributed by atoms with Crippen molar-refractivity contribution in [2.75, 3.05) is 13.7 Å². The lowest BCUT2D eigenvalue weighted by Gasteiger charge is -2.15. The van der Waals surface area contributed by atoms with Gasteiger partial charge in [-0.15, -0.1) is 0 Å². The summed E-state index contributed by atoms with van der Waals surface area (Å²) in [6.07, 6.45) is 0.596. The molecule has 0 heterocycles. The predicted molar refractivity (Wildman–Crippen MR) is 87.6 cm³/mol. The molecule has 0 amide bonds. The van der Waals surface area contributed by atoms with Crippen molar-refractivity contribution in [2.45, 2.75) is 19.3 Å². The Morgan fingerprint density at radius 2 is 1.91 bits per heavy atom. The molecule has 0 saturated heterocycles. The first-order chi connectivity index (χ1) is 10.6. The zero-order valence-corrected chi connectivity index (χ0v) is 13.4. The van der Waals surface area contributed by atoms with E-state index in [4.69, 9.17) is 21.1 Å². The number of nitrogens with zero attached hydrogens (tertiary/aromatic N) is 1. The highest BCUT2D eigenvalue weighted by Gasteiger charge is 2.16. The number of methoxy groups -OCH3 is 1. The van der Waals surface area contributed by atoms with Gasteiger partial charge in [0.15, 0.2) is 0 Å². The molecule has 0 bridgehead atoms. The minimum absolute atomic E-state index is 0.262. The van der Waals surface area contributed by atoms with Crippen LogP contribution in [0.5, 0.6) is 11.5 Å². The van der Waals surface area contributed by atoms with Crippen LogP contribution in [0.25, 0.3) is 0 Å². The highest BCUT2D eigenvalue weighted by atomic mass is 35.5. The molecule has 0 aliphatic heterocycles. The van der Waals surface area contributed by atoms with E-state index in [0.717, 1.165) is 22.6 Å². The maximum Gasteiger partial charge on any atom is 0.123 e. The third-order valence-corrected chi connectivity index (χ3v) is 3.66. The van der Waals surface area contributed by atoms with Crippen molar-refractivity contribution in [3.8, 4) is 17.6 Å². The van der Waals surface area contributed by atoms with Crippen molar-refractivity contribution in [1.82, 2.24) is 0 Å². The van der Waals surface area contributed by atoms with E-state index in [1.54, 1.807) is 19.2 Å². The van der Waals surface area contributed by atoms with Gasteiger partial charge in [-0.2, -0.15) is 5.26 Å². The van der Waals surface area contributed by atoms with E-state index in [0.29, 0.717) is 18.1 Å². The number of hydrogen-bond acceptors (Lipinski definition) is 3. The summed E-state index contributed by atoms with van der Waals surface area (Å²) in [4.78, 5) is 0. The molecule has 4 heteroatoms. The van der Waals surface area contributed by atoms with E-state index in [2.05, 4.69) is 6.07 Å². The van der Waals surface area contributed by atoms with Gasteiger partial charge in [-0.1, -0.05) is 29.3 Å². The quantitative estimate of drug-likeness (QED) is 0.773. The van der Waals surface area contributed by atoms with Crippen LogP contribution in [0.1, 0.15) is 23.5 Å². The Kier molecular flexibility index (Phi) is 5.68. The Balaban J connectivity index is 2.02. The summed E-state index contributed by atoms with van der Waals surface area (Å²) < 4.78 is 11.0. The standard InChI is InChI=1S/C18H18ClNO2/c1-13-3-8-18(21-2)17(11-13)14(12-20)9-10-22-16-6-4-15(19)5-7-16/h3-8,11,14H,9-10H2,1-2H3. The fourth-order valence-electron chi connectivity index (χ4n) is 2.24. The molecular formula is C18H18ClNO2. The molecule has 0 aliphatic rings. The molecule has 0 aliphatic carbocycles. The summed E-state index contributed by atoms with van der Waals surface area (Å²) in [7, 11) is 1.62. The highest BCUT2D eigenvalue weighted by molar-refractivity contribution is 6.30. The van der Waals surface area contributed by atoms with Crippen molar-refractivity contribution in [3.05, 3.63) is 58.6 Å². The van der Waals surface area contributed by atoms with Gasteiger partial charge in [0, 0.05) is 17.0 Å². The van der Waals surface area contributed by atoms with Gasteiger partial charge in [0.1, 0.15) is 11.5 Å². The maximum atomic E-state index is 9.45. The Morgan fingerprint density at radius 3 is 2.55 bits per heavy atom. The van der Waals surface area contributed by atoms with Crippen LogP contribution in [0.15, 0.2) is 42.5 Å². The van der Waals surface area contributed by atoms with Gasteiger partial charge in [0.2, 0.25) is 0 Å². The van der Waals surface area contributed by atoms with E-state index in [9.17, 15) is 5.26 Å². The number of hydrogen-bond donors (Lipinski definition) is 0. The Bertz CT molecular complexity index is 662. The van der Waals surface area contributed by atoms with Crippen LogP contribution >= 0.6 is 11.6 Å². The van der Waals surface area contributed by atoms with Crippen LogP contribution in [-0.4, -0.2) is 13.7 Å². The molecule has 0 fully saturated rings. The van der Waals surface area contributed by atoms with Gasteiger partial charge in [0.05, 0.1) is 25.7 Å². The van der Waals surface area contributed by atoms with Gasteiger partial charge in [-0.05, 0) is 37.3 Å². The minimum atomic E-state index is -0.262. The molecule has 0 radical (unpaired) electrons. The van der Waals surface area contributed by atoms with Gasteiger partial charge in [0.25, 0.3) is 0 Å². The molecule has 0 spiro atoms. The van der Waals surface area contributed by atoms with Crippen LogP contribution in [0, 0.1) is 18.3 Å². The molecule has 1 unspecified atom stereocenters. The fourth-order valence-corrected chi connectivity index (χ4v) is 2.37. The molecule has 1 atom stereocenters. The van der Waals surface area contributed by atoms with Crippen molar-refractivity contribution in [2.24, 2.45) is 0 Å². The summed E-state index contributed by atoms with van der Waals surface area (Å²) in [5.74, 6) is 1.23.